The van der Waals surface area contributed by atoms with Crippen molar-refractivity contribution in [3.63, 3.8) is 0 Å². The highest BCUT2D eigenvalue weighted by atomic mass is 35.5. The normalized spacial score (nSPS) is 21.9. The molecular formula is C10H20ClN3O2. The molecule has 1 saturated heterocycles. The van der Waals surface area contributed by atoms with Crippen LogP contribution in [0, 0.1) is 0 Å². The number of nitrogens with two attached hydrogens (primary N) is 1. The molecule has 1 fully saturated rings. The predicted molar refractivity (Wildman–Crippen MR) is 64.3 cm³/mol. The first kappa shape index (κ1) is 15.2. The van der Waals surface area contributed by atoms with Gasteiger partial charge < -0.3 is 16.0 Å². The van der Waals surface area contributed by atoms with Crippen LogP contribution < -0.4 is 11.1 Å². The van der Waals surface area contributed by atoms with Crippen molar-refractivity contribution >= 4 is 24.2 Å². The highest BCUT2D eigenvalue weighted by molar-refractivity contribution is 5.85. The molecule has 0 aromatic carbocycles. The van der Waals surface area contributed by atoms with Crippen LogP contribution in [0.3, 0.4) is 0 Å². The number of piperidine rings is 1. The molecule has 1 aliphatic rings. The third kappa shape index (κ3) is 4.37. The van der Waals surface area contributed by atoms with Crippen molar-refractivity contribution in [2.45, 2.75) is 38.8 Å². The number of nitrogens with one attached hydrogen (secondary N) is 1. The Bertz CT molecular complexity index is 258. The molecule has 0 radical (unpaired) electrons. The number of carbonyl (C=O) groups excluding carboxylic acids is 2. The average Bonchev–Trinajstić information content (AvgIpc) is 2.16. The molecule has 1 unspecified atom stereocenters. The summed E-state index contributed by atoms with van der Waals surface area (Å²) in [4.78, 5) is 24.2. The van der Waals surface area contributed by atoms with Gasteiger partial charge in [0.05, 0.1) is 6.04 Å². The Balaban J connectivity index is 0.00000225. The molecule has 16 heavy (non-hydrogen) atoms. The maximum Gasteiger partial charge on any atom is 0.239 e. The van der Waals surface area contributed by atoms with E-state index in [0.29, 0.717) is 6.54 Å². The molecule has 0 aromatic heterocycles. The van der Waals surface area contributed by atoms with Crippen LogP contribution in [0.1, 0.15) is 26.7 Å². The van der Waals surface area contributed by atoms with Crippen molar-refractivity contribution in [1.29, 1.82) is 0 Å². The first-order valence-electron chi connectivity index (χ1n) is 5.32. The number of hydrogen-bond acceptors (Lipinski definition) is 3. The summed E-state index contributed by atoms with van der Waals surface area (Å²) in [6, 6.07) is -0.375. The summed E-state index contributed by atoms with van der Waals surface area (Å²) >= 11 is 0. The van der Waals surface area contributed by atoms with Gasteiger partial charge in [0.2, 0.25) is 11.8 Å². The zero-order valence-electron chi connectivity index (χ0n) is 9.73. The minimum Gasteiger partial charge on any atom is -0.352 e. The van der Waals surface area contributed by atoms with Gasteiger partial charge in [-0.25, -0.2) is 0 Å². The van der Waals surface area contributed by atoms with Crippen LogP contribution >= 0.6 is 12.4 Å². The Hall–Kier alpha value is -0.810. The van der Waals surface area contributed by atoms with Gasteiger partial charge in [-0.1, -0.05) is 0 Å². The van der Waals surface area contributed by atoms with E-state index in [4.69, 9.17) is 5.73 Å². The molecule has 1 heterocycles. The molecule has 94 valence electrons. The average molecular weight is 250 g/mol. The van der Waals surface area contributed by atoms with Crippen LogP contribution in [-0.2, 0) is 9.59 Å². The summed E-state index contributed by atoms with van der Waals surface area (Å²) in [5.74, 6) is -0.0832. The van der Waals surface area contributed by atoms with Gasteiger partial charge >= 0.3 is 0 Å². The Morgan fingerprint density at radius 2 is 2.12 bits per heavy atom. The second-order valence-corrected chi connectivity index (χ2v) is 4.11. The van der Waals surface area contributed by atoms with Gasteiger partial charge in [0, 0.05) is 26.1 Å². The quantitative estimate of drug-likeness (QED) is 0.717. The van der Waals surface area contributed by atoms with E-state index in [2.05, 4.69) is 5.32 Å². The first-order valence-corrected chi connectivity index (χ1v) is 5.32. The number of carbonyl (C=O) groups is 2. The summed E-state index contributed by atoms with van der Waals surface area (Å²) in [6.45, 7) is 4.51. The van der Waals surface area contributed by atoms with Crippen molar-refractivity contribution in [2.24, 2.45) is 5.73 Å². The third-order valence-corrected chi connectivity index (χ3v) is 2.53. The van der Waals surface area contributed by atoms with E-state index in [0.717, 1.165) is 19.4 Å². The van der Waals surface area contributed by atoms with Gasteiger partial charge in [-0.05, 0) is 19.8 Å². The number of hydrogen-bond donors (Lipinski definition) is 2. The van der Waals surface area contributed by atoms with Crippen molar-refractivity contribution in [1.82, 2.24) is 10.2 Å². The van der Waals surface area contributed by atoms with Crippen molar-refractivity contribution in [2.75, 3.05) is 13.1 Å². The highest BCUT2D eigenvalue weighted by Crippen LogP contribution is 2.10. The smallest absolute Gasteiger partial charge is 0.239 e. The fraction of sp³-hybridized carbons (Fsp3) is 0.800. The first-order chi connectivity index (χ1) is 7.00. The molecule has 3 N–H and O–H groups in total. The number of nitrogens with zero attached hydrogens (tertiary/aromatic N) is 1. The summed E-state index contributed by atoms with van der Waals surface area (Å²) in [7, 11) is 0. The molecule has 6 heteroatoms. The minimum absolute atomic E-state index is 0. The highest BCUT2D eigenvalue weighted by Gasteiger charge is 2.25. The van der Waals surface area contributed by atoms with E-state index in [1.54, 1.807) is 11.8 Å². The van der Waals surface area contributed by atoms with Crippen molar-refractivity contribution in [3.05, 3.63) is 0 Å². The molecule has 1 rings (SSSR count). The number of amides is 2. The predicted octanol–water partition coefficient (Wildman–Crippen LogP) is -0.117. The van der Waals surface area contributed by atoms with E-state index in [-0.39, 0.29) is 30.3 Å². The SMILES string of the molecule is CC(=O)NC1CCCN(C(=O)[C@@H](C)N)C1.Cl. The van der Waals surface area contributed by atoms with Gasteiger partial charge in [-0.15, -0.1) is 12.4 Å². The monoisotopic (exact) mass is 249 g/mol. The lowest BCUT2D eigenvalue weighted by Crippen LogP contribution is -2.52. The molecule has 0 bridgehead atoms. The van der Waals surface area contributed by atoms with E-state index in [1.165, 1.54) is 6.92 Å². The molecule has 0 saturated carbocycles. The molecule has 2 atom stereocenters. The van der Waals surface area contributed by atoms with Gasteiger partial charge in [0.25, 0.3) is 0 Å². The second-order valence-electron chi connectivity index (χ2n) is 4.11. The molecule has 1 aliphatic heterocycles. The minimum atomic E-state index is -0.457. The lowest BCUT2D eigenvalue weighted by Gasteiger charge is -2.33. The fourth-order valence-electron chi connectivity index (χ4n) is 1.87. The third-order valence-electron chi connectivity index (χ3n) is 2.53. The van der Waals surface area contributed by atoms with E-state index >= 15 is 0 Å². The second kappa shape index (κ2) is 6.70. The molecule has 5 nitrogen and oxygen atoms in total. The number of halogens is 1. The van der Waals surface area contributed by atoms with Crippen LogP contribution in [0.15, 0.2) is 0 Å². The standard InChI is InChI=1S/C10H19N3O2.ClH/c1-7(11)10(15)13-5-3-4-9(6-13)12-8(2)14;/h7,9H,3-6,11H2,1-2H3,(H,12,14);1H/t7-,9?;/m1./s1. The molecule has 0 spiro atoms. The molecule has 2 amide bonds. The van der Waals surface area contributed by atoms with Crippen LogP contribution in [0.25, 0.3) is 0 Å². The van der Waals surface area contributed by atoms with Gasteiger partial charge in [0.1, 0.15) is 0 Å². The van der Waals surface area contributed by atoms with Crippen molar-refractivity contribution in [3.8, 4) is 0 Å². The number of rotatable bonds is 2. The van der Waals surface area contributed by atoms with E-state index in [1.807, 2.05) is 0 Å². The number of likely N-dealkylation sites (tertiary alicyclic amines) is 1. The zero-order chi connectivity index (χ0) is 11.4. The Morgan fingerprint density at radius 1 is 1.50 bits per heavy atom. The zero-order valence-corrected chi connectivity index (χ0v) is 10.5. The van der Waals surface area contributed by atoms with E-state index in [9.17, 15) is 9.59 Å². The molecular weight excluding hydrogens is 230 g/mol. The summed E-state index contributed by atoms with van der Waals surface area (Å²) in [5, 5.41) is 2.83. The fourth-order valence-corrected chi connectivity index (χ4v) is 1.87. The van der Waals surface area contributed by atoms with Crippen LogP contribution in [-0.4, -0.2) is 41.9 Å². The summed E-state index contributed by atoms with van der Waals surface area (Å²) in [5.41, 5.74) is 5.53. The van der Waals surface area contributed by atoms with Crippen LogP contribution in [0.2, 0.25) is 0 Å². The topological polar surface area (TPSA) is 75.4 Å². The Morgan fingerprint density at radius 3 is 2.62 bits per heavy atom. The maximum absolute atomic E-state index is 11.6. The summed E-state index contributed by atoms with van der Waals surface area (Å²) < 4.78 is 0. The molecule has 0 aromatic rings. The largest absolute Gasteiger partial charge is 0.352 e. The maximum atomic E-state index is 11.6. The van der Waals surface area contributed by atoms with Crippen molar-refractivity contribution < 1.29 is 9.59 Å². The van der Waals surface area contributed by atoms with Gasteiger partial charge in [-0.2, -0.15) is 0 Å². The lowest BCUT2D eigenvalue weighted by atomic mass is 10.0. The van der Waals surface area contributed by atoms with Gasteiger partial charge in [-0.3, -0.25) is 9.59 Å². The lowest BCUT2D eigenvalue weighted by molar-refractivity contribution is -0.134. The Kier molecular flexibility index (Phi) is 6.36. The van der Waals surface area contributed by atoms with Gasteiger partial charge in [0.15, 0.2) is 0 Å². The van der Waals surface area contributed by atoms with E-state index < -0.39 is 6.04 Å². The van der Waals surface area contributed by atoms with Crippen LogP contribution in [0.5, 0.6) is 0 Å². The summed E-state index contributed by atoms with van der Waals surface area (Å²) in [6.07, 6.45) is 1.85. The Labute approximate surface area is 102 Å². The van der Waals surface area contributed by atoms with Crippen LogP contribution in [0.4, 0.5) is 0 Å². The molecule has 0 aliphatic carbocycles.